The fourth-order valence-electron chi connectivity index (χ4n) is 1.60. The number of rotatable bonds is 4. The number of nitrogens with one attached hydrogen (secondary N) is 1. The Morgan fingerprint density at radius 3 is 2.63 bits per heavy atom. The van der Waals surface area contributed by atoms with Crippen LogP contribution < -0.4 is 10.5 Å². The fourth-order valence-corrected chi connectivity index (χ4v) is 2.68. The van der Waals surface area contributed by atoms with Crippen molar-refractivity contribution in [2.45, 2.75) is 19.6 Å². The van der Waals surface area contributed by atoms with Gasteiger partial charge in [0.05, 0.1) is 5.69 Å². The Bertz CT molecular complexity index is 692. The van der Waals surface area contributed by atoms with Gasteiger partial charge in [0, 0.05) is 11.8 Å². The van der Waals surface area contributed by atoms with Gasteiger partial charge in [0.25, 0.3) is 0 Å². The van der Waals surface area contributed by atoms with Crippen molar-refractivity contribution in [1.29, 1.82) is 0 Å². The predicted molar refractivity (Wildman–Crippen MR) is 73.1 cm³/mol. The molecule has 0 bridgehead atoms. The molecule has 7 heteroatoms. The molecule has 0 saturated carbocycles. The zero-order valence-electron chi connectivity index (χ0n) is 10.7. The number of nitrogen functional groups attached to an aromatic ring is 1. The van der Waals surface area contributed by atoms with E-state index in [-0.39, 0.29) is 5.75 Å². The lowest BCUT2D eigenvalue weighted by Gasteiger charge is -2.08. The molecule has 0 saturated heterocycles. The molecule has 102 valence electrons. The third kappa shape index (κ3) is 3.47. The molecule has 3 N–H and O–H groups in total. The molecule has 0 aliphatic rings. The van der Waals surface area contributed by atoms with Gasteiger partial charge >= 0.3 is 0 Å². The molecular weight excluding hydrogens is 266 g/mol. The van der Waals surface area contributed by atoms with E-state index in [2.05, 4.69) is 9.88 Å². The second-order valence-corrected chi connectivity index (χ2v) is 6.08. The minimum Gasteiger partial charge on any atom is -0.398 e. The van der Waals surface area contributed by atoms with Crippen molar-refractivity contribution in [3.8, 4) is 0 Å². The summed E-state index contributed by atoms with van der Waals surface area (Å²) in [6.07, 6.45) is 0. The van der Waals surface area contributed by atoms with Crippen molar-refractivity contribution in [3.63, 3.8) is 0 Å². The smallest absolute Gasteiger partial charge is 0.238 e. The lowest BCUT2D eigenvalue weighted by Crippen LogP contribution is -2.15. The Morgan fingerprint density at radius 2 is 2.05 bits per heavy atom. The van der Waals surface area contributed by atoms with E-state index in [1.54, 1.807) is 31.2 Å². The zero-order chi connectivity index (χ0) is 14.0. The molecule has 1 aromatic heterocycles. The van der Waals surface area contributed by atoms with Crippen molar-refractivity contribution in [2.75, 3.05) is 10.5 Å². The molecule has 1 heterocycles. The Kier molecular flexibility index (Phi) is 3.48. The van der Waals surface area contributed by atoms with Gasteiger partial charge in [0.15, 0.2) is 0 Å². The van der Waals surface area contributed by atoms with Gasteiger partial charge in [-0.2, -0.15) is 0 Å². The molecule has 2 rings (SSSR count). The average molecular weight is 281 g/mol. The first-order chi connectivity index (χ1) is 8.85. The monoisotopic (exact) mass is 281 g/mol. The van der Waals surface area contributed by atoms with Crippen LogP contribution in [0.25, 0.3) is 0 Å². The summed E-state index contributed by atoms with van der Waals surface area (Å²) in [6, 6.07) is 6.59. The number of aromatic nitrogens is 1. The number of sulfonamides is 1. The first kappa shape index (κ1) is 13.4. The molecule has 0 aliphatic heterocycles. The third-order valence-corrected chi connectivity index (χ3v) is 3.79. The maximum Gasteiger partial charge on any atom is 0.238 e. The van der Waals surface area contributed by atoms with E-state index in [0.29, 0.717) is 22.8 Å². The van der Waals surface area contributed by atoms with Crippen LogP contribution in [-0.2, 0) is 15.8 Å². The molecule has 0 fully saturated rings. The van der Waals surface area contributed by atoms with Crippen molar-refractivity contribution in [2.24, 2.45) is 0 Å². The van der Waals surface area contributed by atoms with E-state index in [9.17, 15) is 8.42 Å². The predicted octanol–water partition coefficient (Wildman–Crippen LogP) is 1.82. The first-order valence-electron chi connectivity index (χ1n) is 5.64. The van der Waals surface area contributed by atoms with Crippen molar-refractivity contribution in [1.82, 2.24) is 5.16 Å². The van der Waals surface area contributed by atoms with E-state index >= 15 is 0 Å². The molecular formula is C12H15N3O3S. The number of hydrogen-bond donors (Lipinski definition) is 2. The molecule has 0 spiro atoms. The van der Waals surface area contributed by atoms with Gasteiger partial charge in [-0.05, 0) is 31.5 Å². The Morgan fingerprint density at radius 1 is 1.32 bits per heavy atom. The highest BCUT2D eigenvalue weighted by molar-refractivity contribution is 7.91. The Labute approximate surface area is 111 Å². The fraction of sp³-hybridized carbons (Fsp3) is 0.250. The van der Waals surface area contributed by atoms with Crippen LogP contribution in [0.3, 0.4) is 0 Å². The molecule has 0 radical (unpaired) electrons. The van der Waals surface area contributed by atoms with E-state index in [1.165, 1.54) is 0 Å². The normalized spacial score (nSPS) is 11.5. The Balaban J connectivity index is 2.14. The summed E-state index contributed by atoms with van der Waals surface area (Å²) in [4.78, 5) is 0. The van der Waals surface area contributed by atoms with Gasteiger partial charge in [0.1, 0.15) is 17.2 Å². The van der Waals surface area contributed by atoms with Crippen molar-refractivity contribution < 1.29 is 12.9 Å². The van der Waals surface area contributed by atoms with Crippen LogP contribution in [-0.4, -0.2) is 13.6 Å². The maximum atomic E-state index is 11.9. The quantitative estimate of drug-likeness (QED) is 0.833. The molecule has 0 aliphatic carbocycles. The van der Waals surface area contributed by atoms with Crippen molar-refractivity contribution in [3.05, 3.63) is 41.3 Å². The Hall–Kier alpha value is -2.02. The summed E-state index contributed by atoms with van der Waals surface area (Å²) in [7, 11) is -3.53. The van der Waals surface area contributed by atoms with E-state index < -0.39 is 10.0 Å². The maximum absolute atomic E-state index is 11.9. The lowest BCUT2D eigenvalue weighted by molar-refractivity contribution is 0.392. The summed E-state index contributed by atoms with van der Waals surface area (Å²) in [5, 5.41) is 3.66. The largest absolute Gasteiger partial charge is 0.398 e. The number of hydrogen-bond acceptors (Lipinski definition) is 5. The van der Waals surface area contributed by atoms with E-state index in [4.69, 9.17) is 10.3 Å². The van der Waals surface area contributed by atoms with Crippen LogP contribution in [0, 0.1) is 13.8 Å². The number of nitrogens with zero attached hydrogens (tertiary/aromatic N) is 1. The van der Waals surface area contributed by atoms with Crippen LogP contribution in [0.4, 0.5) is 11.4 Å². The highest BCUT2D eigenvalue weighted by Crippen LogP contribution is 2.19. The van der Waals surface area contributed by atoms with Gasteiger partial charge in [-0.1, -0.05) is 11.2 Å². The van der Waals surface area contributed by atoms with Gasteiger partial charge in [0.2, 0.25) is 10.0 Å². The lowest BCUT2D eigenvalue weighted by atomic mass is 10.2. The van der Waals surface area contributed by atoms with Gasteiger partial charge in [-0.3, -0.25) is 4.72 Å². The summed E-state index contributed by atoms with van der Waals surface area (Å²) in [5.74, 6) is 0.336. The van der Waals surface area contributed by atoms with Crippen LogP contribution >= 0.6 is 0 Å². The number of nitrogens with two attached hydrogens (primary N) is 1. The third-order valence-electron chi connectivity index (χ3n) is 2.57. The summed E-state index contributed by atoms with van der Waals surface area (Å²) >= 11 is 0. The summed E-state index contributed by atoms with van der Waals surface area (Å²) in [6.45, 7) is 3.56. The van der Waals surface area contributed by atoms with Crippen LogP contribution in [0.2, 0.25) is 0 Å². The highest BCUT2D eigenvalue weighted by Gasteiger charge is 2.15. The molecule has 0 unspecified atom stereocenters. The SMILES string of the molecule is Cc1cc(CS(=O)(=O)Nc2ccc(C)c(N)c2)no1. The second-order valence-electron chi connectivity index (χ2n) is 4.36. The molecule has 1 aromatic carbocycles. The van der Waals surface area contributed by atoms with Crippen LogP contribution in [0.5, 0.6) is 0 Å². The summed E-state index contributed by atoms with van der Waals surface area (Å²) in [5.41, 5.74) is 7.97. The number of anilines is 2. The molecule has 6 nitrogen and oxygen atoms in total. The standard InChI is InChI=1S/C12H15N3O3S/c1-8-3-4-10(6-12(8)13)15-19(16,17)7-11-5-9(2)18-14-11/h3-6,15H,7,13H2,1-2H3. The van der Waals surface area contributed by atoms with Gasteiger partial charge in [-0.15, -0.1) is 0 Å². The van der Waals surface area contributed by atoms with Crippen LogP contribution in [0.1, 0.15) is 17.0 Å². The van der Waals surface area contributed by atoms with Gasteiger partial charge in [-0.25, -0.2) is 8.42 Å². The molecule has 0 amide bonds. The number of aryl methyl sites for hydroxylation is 2. The van der Waals surface area contributed by atoms with Crippen LogP contribution in [0.15, 0.2) is 28.8 Å². The summed E-state index contributed by atoms with van der Waals surface area (Å²) < 4.78 is 31.2. The van der Waals surface area contributed by atoms with E-state index in [0.717, 1.165) is 5.56 Å². The average Bonchev–Trinajstić information content (AvgIpc) is 2.68. The first-order valence-corrected chi connectivity index (χ1v) is 7.30. The van der Waals surface area contributed by atoms with Gasteiger partial charge < -0.3 is 10.3 Å². The highest BCUT2D eigenvalue weighted by atomic mass is 32.2. The molecule has 19 heavy (non-hydrogen) atoms. The minimum atomic E-state index is -3.53. The topological polar surface area (TPSA) is 98.2 Å². The van der Waals surface area contributed by atoms with E-state index in [1.807, 2.05) is 6.92 Å². The second kappa shape index (κ2) is 4.93. The minimum absolute atomic E-state index is 0.238. The van der Waals surface area contributed by atoms with Crippen molar-refractivity contribution >= 4 is 21.4 Å². The number of benzene rings is 1. The molecule has 2 aromatic rings. The zero-order valence-corrected chi connectivity index (χ0v) is 11.5. The molecule has 0 atom stereocenters.